The molecule has 0 aromatic rings. The minimum atomic E-state index is -2.40. The van der Waals surface area contributed by atoms with Gasteiger partial charge in [0.25, 0.3) is 0 Å². The fourth-order valence-electron chi connectivity index (χ4n) is 0.812. The summed E-state index contributed by atoms with van der Waals surface area (Å²) in [5.41, 5.74) is -0.649. The van der Waals surface area contributed by atoms with Crippen LogP contribution in [-0.2, 0) is 11.3 Å². The zero-order valence-corrected chi connectivity index (χ0v) is 14.3. The van der Waals surface area contributed by atoms with E-state index in [-0.39, 0.29) is 16.8 Å². The van der Waals surface area contributed by atoms with Gasteiger partial charge in [-0.15, -0.1) is 0 Å². The molecule has 0 unspecified atom stereocenters. The first kappa shape index (κ1) is 16.4. The summed E-state index contributed by atoms with van der Waals surface area (Å²) >= 11 is -2.40. The van der Waals surface area contributed by atoms with Crippen molar-refractivity contribution in [1.29, 1.82) is 0 Å². The van der Waals surface area contributed by atoms with Crippen molar-refractivity contribution in [3.63, 3.8) is 0 Å². The van der Waals surface area contributed by atoms with Crippen LogP contribution >= 0.6 is 0 Å². The summed E-state index contributed by atoms with van der Waals surface area (Å²) in [6, 6.07) is 0. The van der Waals surface area contributed by atoms with Crippen molar-refractivity contribution < 1.29 is 11.3 Å². The molecule has 0 atom stereocenters. The Hall–Kier alpha value is 0.423. The third-order valence-electron chi connectivity index (χ3n) is 1.17. The van der Waals surface area contributed by atoms with Crippen molar-refractivity contribution in [2.75, 3.05) is 0 Å². The Morgan fingerprint density at radius 2 is 0.688 bits per heavy atom. The second-order valence-corrected chi connectivity index (χ2v) is 9.23. The van der Waals surface area contributed by atoms with E-state index in [1.54, 1.807) is 0 Å². The van der Waals surface area contributed by atoms with Gasteiger partial charge in [0.2, 0.25) is 0 Å². The summed E-state index contributed by atoms with van der Waals surface area (Å²) in [6.45, 7) is 18.2. The normalized spacial score (nSPS) is 14.6. The van der Waals surface area contributed by atoms with Crippen LogP contribution in [0.25, 0.3) is 0 Å². The van der Waals surface area contributed by atoms with Crippen LogP contribution in [0.3, 0.4) is 0 Å². The number of rotatable bonds is 3. The van der Waals surface area contributed by atoms with Crippen LogP contribution in [0.15, 0.2) is 0 Å². The van der Waals surface area contributed by atoms with Gasteiger partial charge in [-0.2, -0.15) is 0 Å². The molecule has 0 fully saturated rings. The topological polar surface area (TPSA) is 27.7 Å². The molecule has 0 aliphatic rings. The van der Waals surface area contributed by atoms with E-state index in [0.717, 1.165) is 0 Å². The van der Waals surface area contributed by atoms with Crippen LogP contribution in [0.2, 0.25) is 0 Å². The Bertz CT molecular complexity index is 170. The van der Waals surface area contributed by atoms with E-state index in [9.17, 15) is 0 Å². The van der Waals surface area contributed by atoms with E-state index in [1.807, 2.05) is 62.3 Å². The van der Waals surface area contributed by atoms with Crippen LogP contribution in [0.4, 0.5) is 0 Å². The Balaban J connectivity index is 4.53. The van der Waals surface area contributed by atoms with E-state index in [1.165, 1.54) is 0 Å². The third-order valence-corrected chi connectivity index (χ3v) is 6.07. The molecule has 0 N–H and O–H groups in total. The van der Waals surface area contributed by atoms with Gasteiger partial charge < -0.3 is 0 Å². The van der Waals surface area contributed by atoms with Crippen LogP contribution < -0.4 is 0 Å². The number of hydrogen-bond donors (Lipinski definition) is 0. The molecule has 0 saturated heterocycles. The van der Waals surface area contributed by atoms with Crippen LogP contribution in [0, 0.1) is 0 Å². The molecule has 0 aromatic heterocycles. The van der Waals surface area contributed by atoms with Gasteiger partial charge in [-0.3, -0.25) is 0 Å². The van der Waals surface area contributed by atoms with Gasteiger partial charge in [0.05, 0.1) is 0 Å². The fraction of sp³-hybridized carbons (Fsp3) is 1.00. The van der Waals surface area contributed by atoms with Crippen LogP contribution in [-0.4, -0.2) is 32.2 Å². The summed E-state index contributed by atoms with van der Waals surface area (Å²) in [7, 11) is 0. The SMILES string of the molecule is CC(C)(C)[O][Ge]([O]C(C)(C)C)[O]C(C)(C)C. The average molecular weight is 292 g/mol. The summed E-state index contributed by atoms with van der Waals surface area (Å²) in [5.74, 6) is 0. The molecule has 3 nitrogen and oxygen atoms in total. The standard InChI is InChI=1S/C12H27GeO3/c1-10(2,3)14-13(15-11(4,5)6)16-12(7,8)9/h1-9H3. The van der Waals surface area contributed by atoms with Crippen molar-refractivity contribution in [1.82, 2.24) is 0 Å². The molecule has 97 valence electrons. The first-order valence-corrected chi connectivity index (χ1v) is 8.29. The van der Waals surface area contributed by atoms with Crippen molar-refractivity contribution >= 4 is 15.4 Å². The van der Waals surface area contributed by atoms with Gasteiger partial charge in [-0.05, 0) is 0 Å². The molecular weight excluding hydrogens is 265 g/mol. The van der Waals surface area contributed by atoms with Gasteiger partial charge in [-0.1, -0.05) is 0 Å². The molecule has 0 bridgehead atoms. The van der Waals surface area contributed by atoms with E-state index in [0.29, 0.717) is 0 Å². The van der Waals surface area contributed by atoms with E-state index in [4.69, 9.17) is 11.3 Å². The average Bonchev–Trinajstić information content (AvgIpc) is 1.70. The van der Waals surface area contributed by atoms with Gasteiger partial charge in [0.15, 0.2) is 0 Å². The van der Waals surface area contributed by atoms with Crippen molar-refractivity contribution in [3.8, 4) is 0 Å². The van der Waals surface area contributed by atoms with E-state index >= 15 is 0 Å². The van der Waals surface area contributed by atoms with E-state index < -0.39 is 15.4 Å². The molecule has 0 aliphatic carbocycles. The Morgan fingerprint density at radius 3 is 0.812 bits per heavy atom. The van der Waals surface area contributed by atoms with Gasteiger partial charge in [0, 0.05) is 0 Å². The van der Waals surface area contributed by atoms with Gasteiger partial charge in [-0.25, -0.2) is 0 Å². The Morgan fingerprint density at radius 1 is 0.500 bits per heavy atom. The summed E-state index contributed by atoms with van der Waals surface area (Å²) in [5, 5.41) is 0. The fourth-order valence-corrected chi connectivity index (χ4v) is 4.22. The van der Waals surface area contributed by atoms with Crippen LogP contribution in [0.1, 0.15) is 62.3 Å². The predicted molar refractivity (Wildman–Crippen MR) is 68.3 cm³/mol. The monoisotopic (exact) mass is 293 g/mol. The van der Waals surface area contributed by atoms with E-state index in [2.05, 4.69) is 0 Å². The molecule has 0 aliphatic heterocycles. The summed E-state index contributed by atoms with van der Waals surface area (Å²) in [6.07, 6.45) is 0. The maximum absolute atomic E-state index is 5.91. The Labute approximate surface area is 106 Å². The second-order valence-electron chi connectivity index (χ2n) is 6.89. The van der Waals surface area contributed by atoms with Crippen molar-refractivity contribution in [2.24, 2.45) is 0 Å². The maximum atomic E-state index is 5.91. The van der Waals surface area contributed by atoms with Gasteiger partial charge in [0.1, 0.15) is 0 Å². The molecule has 1 radical (unpaired) electrons. The molecule has 0 spiro atoms. The molecule has 0 heterocycles. The summed E-state index contributed by atoms with van der Waals surface area (Å²) in [4.78, 5) is 0. The first-order valence-electron chi connectivity index (χ1n) is 5.72. The predicted octanol–water partition coefficient (Wildman–Crippen LogP) is 3.42. The summed E-state index contributed by atoms with van der Waals surface area (Å²) < 4.78 is 17.7. The molecule has 0 amide bonds. The second kappa shape index (κ2) is 5.38. The molecule has 0 rings (SSSR count). The Kier molecular flexibility index (Phi) is 5.52. The zero-order valence-electron chi connectivity index (χ0n) is 12.2. The quantitative estimate of drug-likeness (QED) is 0.746. The molecule has 4 heteroatoms. The molecular formula is C12H27GeO3. The third kappa shape index (κ3) is 10.9. The van der Waals surface area contributed by atoms with Crippen molar-refractivity contribution in [3.05, 3.63) is 0 Å². The number of hydrogen-bond acceptors (Lipinski definition) is 3. The van der Waals surface area contributed by atoms with Crippen molar-refractivity contribution in [2.45, 2.75) is 79.1 Å². The minimum absolute atomic E-state index is 0.216. The van der Waals surface area contributed by atoms with Crippen LogP contribution in [0.5, 0.6) is 0 Å². The zero-order chi connectivity index (χ0) is 13.2. The molecule has 0 aromatic carbocycles. The molecule has 0 saturated carbocycles. The van der Waals surface area contributed by atoms with Gasteiger partial charge >= 0.3 is 106 Å². The first-order chi connectivity index (χ1) is 6.79. The molecule has 16 heavy (non-hydrogen) atoms.